The molecule has 1 fully saturated rings. The summed E-state index contributed by atoms with van der Waals surface area (Å²) in [6.45, 7) is 15.7. The van der Waals surface area contributed by atoms with Gasteiger partial charge in [0.15, 0.2) is 0 Å². The standard InChI is InChI=1S/C55H81N7O11/c1-12-36(4)49(60(9)53(69)48(35(2)3)59-54(70)73-55(6,7)8)43(71-10)33-47(66)61-31-19-22-42(61)50(72-11)37(5)51(67)58-41(32-38-20-15-13-16-21-38)52(68)57-40-26-24-39(25-27-40)34-56-44(63)23-17-14-18-30-62-45(64)28-29-46(62)65/h13,15-16,20-21,24-29,35-37,41-43,48-50H,12,14,17-19,22-23,30-34H2,1-11H3,(H,56,63)(H,57,68)(H,58,67)(H,59,70)/t36-,37+,41-,42-,43+,48-,49-,50+/m0/s1. The zero-order valence-electron chi connectivity index (χ0n) is 44.9. The third-order valence-corrected chi connectivity index (χ3v) is 13.7. The highest BCUT2D eigenvalue weighted by Gasteiger charge is 2.43. The maximum absolute atomic E-state index is 14.4. The van der Waals surface area contributed by atoms with Crippen molar-refractivity contribution in [3.8, 4) is 0 Å². The fourth-order valence-electron chi connectivity index (χ4n) is 9.44. The molecule has 0 bridgehead atoms. The molecular weight excluding hydrogens is 935 g/mol. The Labute approximate surface area is 432 Å². The zero-order valence-corrected chi connectivity index (χ0v) is 44.9. The number of carbonyl (C=O) groups is 8. The zero-order chi connectivity index (χ0) is 54.0. The quantitative estimate of drug-likeness (QED) is 0.0607. The normalized spacial score (nSPS) is 17.6. The Morgan fingerprint density at radius 2 is 1.48 bits per heavy atom. The molecule has 2 aliphatic heterocycles. The predicted molar refractivity (Wildman–Crippen MR) is 277 cm³/mol. The van der Waals surface area contributed by atoms with E-state index in [0.29, 0.717) is 63.7 Å². The van der Waals surface area contributed by atoms with Crippen molar-refractivity contribution in [3.05, 3.63) is 77.9 Å². The van der Waals surface area contributed by atoms with Crippen molar-refractivity contribution in [1.82, 2.24) is 30.7 Å². The molecule has 4 rings (SSSR count). The Bertz CT molecular complexity index is 2200. The molecular formula is C55H81N7O11. The average molecular weight is 1020 g/mol. The van der Waals surface area contributed by atoms with Crippen LogP contribution in [0.2, 0.25) is 0 Å². The number of rotatable bonds is 27. The summed E-state index contributed by atoms with van der Waals surface area (Å²) in [6.07, 6.45) is 4.71. The highest BCUT2D eigenvalue weighted by Crippen LogP contribution is 2.30. The van der Waals surface area contributed by atoms with Gasteiger partial charge in [0.2, 0.25) is 29.5 Å². The lowest BCUT2D eigenvalue weighted by Gasteiger charge is -2.40. The number of nitrogens with zero attached hydrogens (tertiary/aromatic N) is 3. The number of hydrogen-bond donors (Lipinski definition) is 4. The minimum atomic E-state index is -0.975. The summed E-state index contributed by atoms with van der Waals surface area (Å²) in [5.41, 5.74) is 1.39. The summed E-state index contributed by atoms with van der Waals surface area (Å²) in [7, 11) is 4.71. The fraction of sp³-hybridized carbons (Fsp3) is 0.600. The molecule has 0 aromatic heterocycles. The lowest BCUT2D eigenvalue weighted by atomic mass is 9.89. The van der Waals surface area contributed by atoms with Gasteiger partial charge in [0.25, 0.3) is 11.8 Å². The smallest absolute Gasteiger partial charge is 0.408 e. The molecule has 8 atom stereocenters. The van der Waals surface area contributed by atoms with Crippen molar-refractivity contribution in [3.63, 3.8) is 0 Å². The number of hydrogen-bond acceptors (Lipinski definition) is 11. The minimum Gasteiger partial charge on any atom is -0.444 e. The predicted octanol–water partition coefficient (Wildman–Crippen LogP) is 5.92. The van der Waals surface area contributed by atoms with Crippen molar-refractivity contribution >= 4 is 53.1 Å². The number of anilines is 1. The molecule has 2 aliphatic rings. The van der Waals surface area contributed by atoms with Crippen LogP contribution >= 0.6 is 0 Å². The molecule has 2 aromatic carbocycles. The second-order valence-electron chi connectivity index (χ2n) is 20.6. The van der Waals surface area contributed by atoms with Crippen molar-refractivity contribution in [2.75, 3.05) is 39.7 Å². The summed E-state index contributed by atoms with van der Waals surface area (Å²) >= 11 is 0. The second-order valence-corrected chi connectivity index (χ2v) is 20.6. The number of carbonyl (C=O) groups excluding carboxylic acids is 8. The van der Waals surface area contributed by atoms with Gasteiger partial charge in [-0.05, 0) is 81.5 Å². The van der Waals surface area contributed by atoms with Gasteiger partial charge in [0, 0.05) is 71.6 Å². The Hall–Kier alpha value is -6.14. The monoisotopic (exact) mass is 1020 g/mol. The number of imide groups is 1. The van der Waals surface area contributed by atoms with Gasteiger partial charge in [-0.3, -0.25) is 38.5 Å². The van der Waals surface area contributed by atoms with Gasteiger partial charge in [-0.25, -0.2) is 4.79 Å². The molecule has 73 heavy (non-hydrogen) atoms. The van der Waals surface area contributed by atoms with Crippen LogP contribution in [0.3, 0.4) is 0 Å². The van der Waals surface area contributed by atoms with Gasteiger partial charge < -0.3 is 45.3 Å². The molecule has 1 saturated heterocycles. The van der Waals surface area contributed by atoms with Crippen LogP contribution in [-0.2, 0) is 60.7 Å². The lowest BCUT2D eigenvalue weighted by Crippen LogP contribution is -2.58. The number of ether oxygens (including phenoxy) is 3. The van der Waals surface area contributed by atoms with Gasteiger partial charge >= 0.3 is 6.09 Å². The maximum atomic E-state index is 14.4. The Morgan fingerprint density at radius 1 is 0.822 bits per heavy atom. The van der Waals surface area contributed by atoms with E-state index in [1.54, 1.807) is 68.8 Å². The Kier molecular flexibility index (Phi) is 23.1. The molecule has 8 amide bonds. The summed E-state index contributed by atoms with van der Waals surface area (Å²) in [5, 5.41) is 11.6. The van der Waals surface area contributed by atoms with Crippen LogP contribution < -0.4 is 21.3 Å². The van der Waals surface area contributed by atoms with E-state index in [4.69, 9.17) is 14.2 Å². The van der Waals surface area contributed by atoms with E-state index >= 15 is 0 Å². The summed E-state index contributed by atoms with van der Waals surface area (Å²) in [6, 6.07) is 13.5. The number of unbranched alkanes of at least 4 members (excludes halogenated alkanes) is 2. The maximum Gasteiger partial charge on any atom is 0.408 e. The molecule has 2 heterocycles. The van der Waals surface area contributed by atoms with E-state index < -0.39 is 65.8 Å². The number of benzene rings is 2. The molecule has 0 saturated carbocycles. The number of likely N-dealkylation sites (N-methyl/N-ethyl adjacent to an activating group) is 1. The van der Waals surface area contributed by atoms with Crippen LogP contribution in [0.25, 0.3) is 0 Å². The topological polar surface area (TPSA) is 222 Å². The molecule has 0 radical (unpaired) electrons. The van der Waals surface area contributed by atoms with Crippen molar-refractivity contribution in [2.24, 2.45) is 17.8 Å². The highest BCUT2D eigenvalue weighted by molar-refractivity contribution is 6.12. The van der Waals surface area contributed by atoms with Crippen LogP contribution in [-0.4, -0.2) is 138 Å². The molecule has 2 aromatic rings. The Balaban J connectivity index is 1.39. The minimum absolute atomic E-state index is 0.0495. The molecule has 0 unspecified atom stereocenters. The summed E-state index contributed by atoms with van der Waals surface area (Å²) < 4.78 is 17.5. The Morgan fingerprint density at radius 3 is 2.07 bits per heavy atom. The van der Waals surface area contributed by atoms with Crippen molar-refractivity contribution in [1.29, 1.82) is 0 Å². The van der Waals surface area contributed by atoms with Gasteiger partial charge in [0.05, 0.1) is 36.6 Å². The van der Waals surface area contributed by atoms with Crippen molar-refractivity contribution < 1.29 is 52.6 Å². The van der Waals surface area contributed by atoms with Crippen LogP contribution in [0.4, 0.5) is 10.5 Å². The number of amides is 8. The van der Waals surface area contributed by atoms with Gasteiger partial charge in [-0.2, -0.15) is 0 Å². The van der Waals surface area contributed by atoms with E-state index in [2.05, 4.69) is 21.3 Å². The number of alkyl carbamates (subject to hydrolysis) is 1. The molecule has 402 valence electrons. The number of likely N-dealkylation sites (tertiary alicyclic amines) is 1. The van der Waals surface area contributed by atoms with E-state index in [1.165, 1.54) is 31.3 Å². The summed E-state index contributed by atoms with van der Waals surface area (Å²) in [5.74, 6) is -3.28. The lowest BCUT2D eigenvalue weighted by molar-refractivity contribution is -0.147. The van der Waals surface area contributed by atoms with E-state index in [1.807, 2.05) is 58.0 Å². The second kappa shape index (κ2) is 28.3. The molecule has 4 N–H and O–H groups in total. The first-order chi connectivity index (χ1) is 34.6. The van der Waals surface area contributed by atoms with Crippen LogP contribution in [0.15, 0.2) is 66.7 Å². The molecule has 18 heteroatoms. The number of nitrogens with one attached hydrogen (secondary N) is 4. The molecule has 0 spiro atoms. The first-order valence-corrected chi connectivity index (χ1v) is 25.7. The van der Waals surface area contributed by atoms with Gasteiger partial charge in [-0.15, -0.1) is 0 Å². The average Bonchev–Trinajstić information content (AvgIpc) is 3.97. The highest BCUT2D eigenvalue weighted by atomic mass is 16.6. The number of methoxy groups -OCH3 is 2. The van der Waals surface area contributed by atoms with E-state index in [-0.39, 0.29) is 60.8 Å². The largest absolute Gasteiger partial charge is 0.444 e. The van der Waals surface area contributed by atoms with Crippen LogP contribution in [0.1, 0.15) is 118 Å². The van der Waals surface area contributed by atoms with E-state index in [0.717, 1.165) is 11.1 Å². The van der Waals surface area contributed by atoms with E-state index in [9.17, 15) is 38.4 Å². The third kappa shape index (κ3) is 17.8. The first-order valence-electron chi connectivity index (χ1n) is 25.7. The molecule has 0 aliphatic carbocycles. The molecule has 18 nitrogen and oxygen atoms in total. The van der Waals surface area contributed by atoms with Crippen LogP contribution in [0.5, 0.6) is 0 Å². The van der Waals surface area contributed by atoms with Gasteiger partial charge in [-0.1, -0.05) is 89.9 Å². The van der Waals surface area contributed by atoms with Crippen LogP contribution in [0, 0.1) is 17.8 Å². The van der Waals surface area contributed by atoms with Gasteiger partial charge in [0.1, 0.15) is 17.7 Å². The third-order valence-electron chi connectivity index (χ3n) is 13.7. The first kappa shape index (κ1) is 59.4. The fourth-order valence-corrected chi connectivity index (χ4v) is 9.44. The SMILES string of the molecule is CC[C@H](C)[C@@H]([C@@H](CC(=O)N1CCC[C@H]1[C@H](OC)[C@@H](C)C(=O)N[C@@H](Cc1ccccc1)C(=O)Nc1ccc(CNC(=O)CCCCCN2C(=O)C=CC2=O)cc1)OC)N(C)C(=O)[C@@H](NC(=O)OC(C)(C)C)C(C)C. The van der Waals surface area contributed by atoms with Crippen molar-refractivity contribution in [2.45, 2.75) is 162 Å². The summed E-state index contributed by atoms with van der Waals surface area (Å²) in [4.78, 5) is 110.